The molecule has 0 heterocycles. The van der Waals surface area contributed by atoms with Crippen LogP contribution in [-0.2, 0) is 6.42 Å². The van der Waals surface area contributed by atoms with Gasteiger partial charge in [0.15, 0.2) is 0 Å². The molecule has 0 bridgehead atoms. The zero-order chi connectivity index (χ0) is 11.9. The highest BCUT2D eigenvalue weighted by molar-refractivity contribution is 5.14. The Morgan fingerprint density at radius 1 is 1.25 bits per heavy atom. The Morgan fingerprint density at radius 3 is 2.56 bits per heavy atom. The molecular weight excluding hydrogens is 198 g/mol. The SMILES string of the molecule is CCC(C)(O)CNCCCc1ccccc1. The molecule has 90 valence electrons. The lowest BCUT2D eigenvalue weighted by Crippen LogP contribution is -2.37. The lowest BCUT2D eigenvalue weighted by molar-refractivity contribution is 0.0560. The van der Waals surface area contributed by atoms with Crippen molar-refractivity contribution in [3.8, 4) is 0 Å². The molecule has 0 amide bonds. The predicted molar refractivity (Wildman–Crippen MR) is 68.5 cm³/mol. The van der Waals surface area contributed by atoms with Crippen LogP contribution in [0.15, 0.2) is 30.3 Å². The Balaban J connectivity index is 2.09. The van der Waals surface area contributed by atoms with Crippen molar-refractivity contribution in [3.63, 3.8) is 0 Å². The number of hydrogen-bond acceptors (Lipinski definition) is 2. The van der Waals surface area contributed by atoms with Crippen molar-refractivity contribution in [3.05, 3.63) is 35.9 Å². The second kappa shape index (κ2) is 6.66. The van der Waals surface area contributed by atoms with Crippen molar-refractivity contribution in [1.29, 1.82) is 0 Å². The molecule has 0 saturated heterocycles. The average Bonchev–Trinajstić information content (AvgIpc) is 2.30. The van der Waals surface area contributed by atoms with Crippen LogP contribution in [0.1, 0.15) is 32.3 Å². The molecule has 2 N–H and O–H groups in total. The Bertz CT molecular complexity index is 282. The van der Waals surface area contributed by atoms with E-state index in [0.717, 1.165) is 25.8 Å². The lowest BCUT2D eigenvalue weighted by Gasteiger charge is -2.21. The maximum absolute atomic E-state index is 9.78. The van der Waals surface area contributed by atoms with Gasteiger partial charge in [0.2, 0.25) is 0 Å². The smallest absolute Gasteiger partial charge is 0.0740 e. The first-order valence-corrected chi connectivity index (χ1v) is 6.11. The summed E-state index contributed by atoms with van der Waals surface area (Å²) < 4.78 is 0. The van der Waals surface area contributed by atoms with Gasteiger partial charge in [-0.05, 0) is 38.3 Å². The Hall–Kier alpha value is -0.860. The first-order chi connectivity index (χ1) is 7.64. The largest absolute Gasteiger partial charge is 0.389 e. The normalized spacial score (nSPS) is 14.7. The number of aliphatic hydroxyl groups is 1. The Kier molecular flexibility index (Phi) is 5.50. The highest BCUT2D eigenvalue weighted by Gasteiger charge is 2.15. The summed E-state index contributed by atoms with van der Waals surface area (Å²) in [6.45, 7) is 5.52. The fourth-order valence-corrected chi connectivity index (χ4v) is 1.54. The summed E-state index contributed by atoms with van der Waals surface area (Å²) in [5.41, 5.74) is 0.818. The number of nitrogens with one attached hydrogen (secondary N) is 1. The van der Waals surface area contributed by atoms with Gasteiger partial charge in [-0.3, -0.25) is 0 Å². The van der Waals surface area contributed by atoms with Crippen molar-refractivity contribution in [2.75, 3.05) is 13.1 Å². The molecule has 0 fully saturated rings. The van der Waals surface area contributed by atoms with E-state index in [1.54, 1.807) is 0 Å². The minimum absolute atomic E-state index is 0.563. The van der Waals surface area contributed by atoms with Gasteiger partial charge in [0.05, 0.1) is 5.60 Å². The summed E-state index contributed by atoms with van der Waals surface area (Å²) in [5.74, 6) is 0. The zero-order valence-electron chi connectivity index (χ0n) is 10.4. The van der Waals surface area contributed by atoms with Gasteiger partial charge in [-0.25, -0.2) is 0 Å². The molecule has 0 aliphatic carbocycles. The van der Waals surface area contributed by atoms with E-state index in [1.807, 2.05) is 19.9 Å². The molecular formula is C14H23NO. The van der Waals surface area contributed by atoms with E-state index < -0.39 is 5.60 Å². The molecule has 0 spiro atoms. The molecule has 1 aromatic carbocycles. The number of hydrogen-bond donors (Lipinski definition) is 2. The summed E-state index contributed by atoms with van der Waals surface area (Å²) in [7, 11) is 0. The summed E-state index contributed by atoms with van der Waals surface area (Å²) in [6.07, 6.45) is 3.00. The molecule has 16 heavy (non-hydrogen) atoms. The van der Waals surface area contributed by atoms with Gasteiger partial charge in [-0.15, -0.1) is 0 Å². The van der Waals surface area contributed by atoms with Gasteiger partial charge in [0.25, 0.3) is 0 Å². The molecule has 1 aromatic rings. The molecule has 0 saturated carbocycles. The average molecular weight is 221 g/mol. The molecule has 2 nitrogen and oxygen atoms in total. The van der Waals surface area contributed by atoms with Crippen LogP contribution in [0.3, 0.4) is 0 Å². The minimum Gasteiger partial charge on any atom is -0.389 e. The van der Waals surface area contributed by atoms with Crippen LogP contribution in [0.5, 0.6) is 0 Å². The van der Waals surface area contributed by atoms with Crippen LogP contribution >= 0.6 is 0 Å². The van der Waals surface area contributed by atoms with Gasteiger partial charge < -0.3 is 10.4 Å². The highest BCUT2D eigenvalue weighted by Crippen LogP contribution is 2.06. The van der Waals surface area contributed by atoms with Crippen molar-refractivity contribution < 1.29 is 5.11 Å². The van der Waals surface area contributed by atoms with Gasteiger partial charge >= 0.3 is 0 Å². The van der Waals surface area contributed by atoms with Crippen molar-refractivity contribution in [2.45, 2.75) is 38.7 Å². The summed E-state index contributed by atoms with van der Waals surface area (Å²) in [6, 6.07) is 10.5. The molecule has 0 aliphatic heterocycles. The standard InChI is InChI=1S/C14H23NO/c1-3-14(2,16)12-15-11-7-10-13-8-5-4-6-9-13/h4-6,8-9,15-16H,3,7,10-12H2,1-2H3. The van der Waals surface area contributed by atoms with Crippen LogP contribution in [0, 0.1) is 0 Å². The van der Waals surface area contributed by atoms with Gasteiger partial charge in [0, 0.05) is 6.54 Å². The number of rotatable bonds is 7. The van der Waals surface area contributed by atoms with E-state index in [-0.39, 0.29) is 0 Å². The third-order valence-electron chi connectivity index (χ3n) is 2.93. The van der Waals surface area contributed by atoms with Gasteiger partial charge in [0.1, 0.15) is 0 Å². The topological polar surface area (TPSA) is 32.3 Å². The molecule has 0 aliphatic rings. The maximum Gasteiger partial charge on any atom is 0.0740 e. The summed E-state index contributed by atoms with van der Waals surface area (Å²) >= 11 is 0. The fraction of sp³-hybridized carbons (Fsp3) is 0.571. The summed E-state index contributed by atoms with van der Waals surface area (Å²) in [4.78, 5) is 0. The second-order valence-corrected chi connectivity index (χ2v) is 4.62. The molecule has 1 unspecified atom stereocenters. The quantitative estimate of drug-likeness (QED) is 0.693. The predicted octanol–water partition coefficient (Wildman–Crippen LogP) is 2.37. The van der Waals surface area contributed by atoms with E-state index in [2.05, 4.69) is 29.6 Å². The van der Waals surface area contributed by atoms with E-state index >= 15 is 0 Å². The van der Waals surface area contributed by atoms with Crippen LogP contribution in [-0.4, -0.2) is 23.8 Å². The molecule has 1 rings (SSSR count). The van der Waals surface area contributed by atoms with Crippen LogP contribution in [0.25, 0.3) is 0 Å². The van der Waals surface area contributed by atoms with Crippen LogP contribution < -0.4 is 5.32 Å². The second-order valence-electron chi connectivity index (χ2n) is 4.62. The Morgan fingerprint density at radius 2 is 1.94 bits per heavy atom. The number of benzene rings is 1. The highest BCUT2D eigenvalue weighted by atomic mass is 16.3. The zero-order valence-corrected chi connectivity index (χ0v) is 10.4. The third kappa shape index (κ3) is 5.29. The monoisotopic (exact) mass is 221 g/mol. The number of aryl methyl sites for hydroxylation is 1. The molecule has 2 heteroatoms. The minimum atomic E-state index is -0.563. The first kappa shape index (κ1) is 13.2. The van der Waals surface area contributed by atoms with Crippen molar-refractivity contribution in [1.82, 2.24) is 5.32 Å². The third-order valence-corrected chi connectivity index (χ3v) is 2.93. The van der Waals surface area contributed by atoms with Crippen molar-refractivity contribution in [2.24, 2.45) is 0 Å². The van der Waals surface area contributed by atoms with Gasteiger partial charge in [-0.2, -0.15) is 0 Å². The van der Waals surface area contributed by atoms with Crippen LogP contribution in [0.2, 0.25) is 0 Å². The van der Waals surface area contributed by atoms with Crippen molar-refractivity contribution >= 4 is 0 Å². The van der Waals surface area contributed by atoms with Gasteiger partial charge in [-0.1, -0.05) is 37.3 Å². The first-order valence-electron chi connectivity index (χ1n) is 6.11. The van der Waals surface area contributed by atoms with E-state index in [4.69, 9.17) is 0 Å². The Labute approximate surface area is 98.7 Å². The van der Waals surface area contributed by atoms with E-state index in [0.29, 0.717) is 6.54 Å². The lowest BCUT2D eigenvalue weighted by atomic mass is 10.0. The van der Waals surface area contributed by atoms with Crippen LogP contribution in [0.4, 0.5) is 0 Å². The van der Waals surface area contributed by atoms with E-state index in [1.165, 1.54) is 5.56 Å². The molecule has 0 radical (unpaired) electrons. The van der Waals surface area contributed by atoms with E-state index in [9.17, 15) is 5.11 Å². The fourth-order valence-electron chi connectivity index (χ4n) is 1.54. The summed E-state index contributed by atoms with van der Waals surface area (Å²) in [5, 5.41) is 13.1. The maximum atomic E-state index is 9.78. The molecule has 1 atom stereocenters. The molecule has 0 aromatic heterocycles.